The number of nitrogens with zero attached hydrogens (tertiary/aromatic N) is 2. The van der Waals surface area contributed by atoms with Crippen LogP contribution in [0.4, 0.5) is 5.69 Å². The average molecular weight is 417 g/mol. The number of aromatic nitrogens is 2. The van der Waals surface area contributed by atoms with Gasteiger partial charge in [-0.1, -0.05) is 41.6 Å². The summed E-state index contributed by atoms with van der Waals surface area (Å²) in [6.07, 6.45) is 0. The Balaban J connectivity index is 1.67. The number of thioether (sulfide) groups is 1. The second-order valence-corrected chi connectivity index (χ2v) is 7.16. The summed E-state index contributed by atoms with van der Waals surface area (Å²) in [5.41, 5.74) is 2.21. The maximum Gasteiger partial charge on any atom is 0.277 e. The Morgan fingerprint density at radius 1 is 1.18 bits per heavy atom. The molecule has 0 spiro atoms. The van der Waals surface area contributed by atoms with Gasteiger partial charge in [0.25, 0.3) is 11.1 Å². The van der Waals surface area contributed by atoms with Gasteiger partial charge in [-0.15, -0.1) is 10.2 Å². The van der Waals surface area contributed by atoms with E-state index in [1.54, 1.807) is 13.0 Å². The van der Waals surface area contributed by atoms with E-state index >= 15 is 0 Å². The van der Waals surface area contributed by atoms with E-state index in [4.69, 9.17) is 16.0 Å². The molecule has 28 heavy (non-hydrogen) atoms. The summed E-state index contributed by atoms with van der Waals surface area (Å²) in [5, 5.41) is 13.9. The zero-order valence-electron chi connectivity index (χ0n) is 15.2. The first-order valence-electron chi connectivity index (χ1n) is 8.31. The van der Waals surface area contributed by atoms with Gasteiger partial charge in [0.1, 0.15) is 0 Å². The summed E-state index contributed by atoms with van der Waals surface area (Å²) < 4.78 is 5.57. The molecule has 0 fully saturated rings. The standard InChI is InChI=1S/C19H17ClN4O3S/c1-11-8-13(20)9-14(17(26)21-2)16(11)22-15(25)10-28-19-24-23-18(27-19)12-6-4-3-5-7-12/h3-9H,10H2,1-2H3,(H,21,26)(H,22,25). The molecule has 7 nitrogen and oxygen atoms in total. The predicted octanol–water partition coefficient (Wildman–Crippen LogP) is 3.79. The first-order valence-corrected chi connectivity index (χ1v) is 9.68. The fraction of sp³-hybridized carbons (Fsp3) is 0.158. The highest BCUT2D eigenvalue weighted by molar-refractivity contribution is 7.99. The summed E-state index contributed by atoms with van der Waals surface area (Å²) in [7, 11) is 1.51. The molecule has 1 aromatic heterocycles. The molecule has 144 valence electrons. The summed E-state index contributed by atoms with van der Waals surface area (Å²) >= 11 is 7.14. The van der Waals surface area contributed by atoms with Gasteiger partial charge in [-0.25, -0.2) is 0 Å². The lowest BCUT2D eigenvalue weighted by Crippen LogP contribution is -2.23. The minimum Gasteiger partial charge on any atom is -0.411 e. The zero-order chi connectivity index (χ0) is 20.1. The third kappa shape index (κ3) is 4.71. The highest BCUT2D eigenvalue weighted by Gasteiger charge is 2.17. The number of benzene rings is 2. The molecule has 2 amide bonds. The molecule has 3 aromatic rings. The van der Waals surface area contributed by atoms with Crippen LogP contribution in [0.2, 0.25) is 5.02 Å². The molecule has 0 aliphatic carbocycles. The zero-order valence-corrected chi connectivity index (χ0v) is 16.7. The van der Waals surface area contributed by atoms with Crippen molar-refractivity contribution in [1.29, 1.82) is 0 Å². The number of nitrogens with one attached hydrogen (secondary N) is 2. The molecule has 2 aromatic carbocycles. The van der Waals surface area contributed by atoms with Gasteiger partial charge in [0.15, 0.2) is 0 Å². The van der Waals surface area contributed by atoms with Gasteiger partial charge >= 0.3 is 0 Å². The molecular formula is C19H17ClN4O3S. The number of carbonyl (C=O) groups excluding carboxylic acids is 2. The number of aryl methyl sites for hydroxylation is 1. The monoisotopic (exact) mass is 416 g/mol. The van der Waals surface area contributed by atoms with E-state index in [-0.39, 0.29) is 22.8 Å². The minimum absolute atomic E-state index is 0.0473. The van der Waals surface area contributed by atoms with E-state index in [1.807, 2.05) is 30.3 Å². The Morgan fingerprint density at radius 3 is 2.64 bits per heavy atom. The highest BCUT2D eigenvalue weighted by atomic mass is 35.5. The number of hydrogen-bond acceptors (Lipinski definition) is 6. The van der Waals surface area contributed by atoms with Crippen molar-refractivity contribution in [3.63, 3.8) is 0 Å². The molecule has 0 unspecified atom stereocenters. The molecule has 2 N–H and O–H groups in total. The maximum atomic E-state index is 12.4. The quantitative estimate of drug-likeness (QED) is 0.593. The van der Waals surface area contributed by atoms with Crippen LogP contribution in [-0.2, 0) is 4.79 Å². The smallest absolute Gasteiger partial charge is 0.277 e. The van der Waals surface area contributed by atoms with E-state index in [1.165, 1.54) is 13.1 Å². The average Bonchev–Trinajstić information content (AvgIpc) is 3.17. The molecule has 0 aliphatic heterocycles. The summed E-state index contributed by atoms with van der Waals surface area (Å²) in [6.45, 7) is 1.77. The molecule has 0 aliphatic rings. The van der Waals surface area contributed by atoms with Crippen molar-refractivity contribution < 1.29 is 14.0 Å². The van der Waals surface area contributed by atoms with Crippen LogP contribution in [0.1, 0.15) is 15.9 Å². The number of amides is 2. The summed E-state index contributed by atoms with van der Waals surface area (Å²) in [5.74, 6) is -0.206. The lowest BCUT2D eigenvalue weighted by molar-refractivity contribution is -0.113. The molecule has 9 heteroatoms. The molecule has 0 atom stereocenters. The van der Waals surface area contributed by atoms with Crippen molar-refractivity contribution in [2.45, 2.75) is 12.1 Å². The minimum atomic E-state index is -0.335. The van der Waals surface area contributed by atoms with Crippen molar-refractivity contribution in [3.8, 4) is 11.5 Å². The molecule has 1 heterocycles. The maximum absolute atomic E-state index is 12.4. The van der Waals surface area contributed by atoms with Crippen molar-refractivity contribution in [3.05, 3.63) is 58.6 Å². The van der Waals surface area contributed by atoms with Crippen LogP contribution in [0.5, 0.6) is 0 Å². The van der Waals surface area contributed by atoms with Gasteiger partial charge in [0.2, 0.25) is 11.8 Å². The fourth-order valence-corrected chi connectivity index (χ4v) is 3.33. The Labute approximate surface area is 170 Å². The van der Waals surface area contributed by atoms with Crippen LogP contribution >= 0.6 is 23.4 Å². The SMILES string of the molecule is CNC(=O)c1cc(Cl)cc(C)c1NC(=O)CSc1nnc(-c2ccccc2)o1. The third-order valence-electron chi connectivity index (χ3n) is 3.79. The Kier molecular flexibility index (Phi) is 6.33. The fourth-order valence-electron chi connectivity index (χ4n) is 2.49. The van der Waals surface area contributed by atoms with Crippen molar-refractivity contribution >= 4 is 40.9 Å². The predicted molar refractivity (Wildman–Crippen MR) is 109 cm³/mol. The van der Waals surface area contributed by atoms with Gasteiger partial charge in [0, 0.05) is 17.6 Å². The summed E-state index contributed by atoms with van der Waals surface area (Å²) in [6, 6.07) is 12.6. The summed E-state index contributed by atoms with van der Waals surface area (Å²) in [4.78, 5) is 24.5. The van der Waals surface area contributed by atoms with Gasteiger partial charge in [-0.3, -0.25) is 9.59 Å². The van der Waals surface area contributed by atoms with Crippen LogP contribution in [0.25, 0.3) is 11.5 Å². The van der Waals surface area contributed by atoms with Gasteiger partial charge < -0.3 is 15.1 Å². The molecular weight excluding hydrogens is 400 g/mol. The van der Waals surface area contributed by atoms with Crippen LogP contribution in [-0.4, -0.2) is 34.8 Å². The molecule has 0 radical (unpaired) electrons. The third-order valence-corrected chi connectivity index (χ3v) is 4.83. The van der Waals surface area contributed by atoms with Crippen LogP contribution in [0.15, 0.2) is 52.1 Å². The number of rotatable bonds is 6. The number of carbonyl (C=O) groups is 2. The molecule has 0 saturated carbocycles. The van der Waals surface area contributed by atoms with E-state index < -0.39 is 0 Å². The lowest BCUT2D eigenvalue weighted by Gasteiger charge is -2.13. The normalized spacial score (nSPS) is 10.5. The van der Waals surface area contributed by atoms with Crippen LogP contribution < -0.4 is 10.6 Å². The van der Waals surface area contributed by atoms with Crippen LogP contribution in [0.3, 0.4) is 0 Å². The van der Waals surface area contributed by atoms with Gasteiger partial charge in [-0.05, 0) is 36.8 Å². The number of hydrogen-bond donors (Lipinski definition) is 2. The Hall–Kier alpha value is -2.84. The first-order chi connectivity index (χ1) is 13.5. The highest BCUT2D eigenvalue weighted by Crippen LogP contribution is 2.27. The van der Waals surface area contributed by atoms with E-state index in [0.29, 0.717) is 27.7 Å². The van der Waals surface area contributed by atoms with Crippen molar-refractivity contribution in [1.82, 2.24) is 15.5 Å². The molecule has 0 bridgehead atoms. The lowest BCUT2D eigenvalue weighted by atomic mass is 10.1. The van der Waals surface area contributed by atoms with Gasteiger partial charge in [-0.2, -0.15) is 0 Å². The first kappa shape index (κ1) is 19.9. The number of halogens is 1. The van der Waals surface area contributed by atoms with E-state index in [9.17, 15) is 9.59 Å². The topological polar surface area (TPSA) is 97.1 Å². The van der Waals surface area contributed by atoms with Gasteiger partial charge in [0.05, 0.1) is 17.0 Å². The van der Waals surface area contributed by atoms with Crippen molar-refractivity contribution in [2.24, 2.45) is 0 Å². The second kappa shape index (κ2) is 8.90. The largest absolute Gasteiger partial charge is 0.411 e. The molecule has 3 rings (SSSR count). The van der Waals surface area contributed by atoms with Crippen LogP contribution in [0, 0.1) is 6.92 Å². The Morgan fingerprint density at radius 2 is 1.93 bits per heavy atom. The van der Waals surface area contributed by atoms with Crippen molar-refractivity contribution in [2.75, 3.05) is 18.1 Å². The van der Waals surface area contributed by atoms with E-state index in [2.05, 4.69) is 20.8 Å². The number of anilines is 1. The molecule has 0 saturated heterocycles. The van der Waals surface area contributed by atoms with E-state index in [0.717, 1.165) is 17.3 Å². The second-order valence-electron chi connectivity index (χ2n) is 5.80. The Bertz CT molecular complexity index is 1010.